The van der Waals surface area contributed by atoms with Gasteiger partial charge in [0.25, 0.3) is 0 Å². The summed E-state index contributed by atoms with van der Waals surface area (Å²) < 4.78 is 0. The maximum atomic E-state index is 11.4. The van der Waals surface area contributed by atoms with Crippen molar-refractivity contribution >= 4 is 29.7 Å². The van der Waals surface area contributed by atoms with Gasteiger partial charge in [0.1, 0.15) is 6.04 Å². The van der Waals surface area contributed by atoms with Crippen molar-refractivity contribution in [1.82, 2.24) is 10.6 Å². The third-order valence-corrected chi connectivity index (χ3v) is 3.05. The van der Waals surface area contributed by atoms with Crippen LogP contribution in [0.3, 0.4) is 0 Å². The molecule has 0 aliphatic heterocycles. The van der Waals surface area contributed by atoms with E-state index in [1.165, 1.54) is 0 Å². The summed E-state index contributed by atoms with van der Waals surface area (Å²) in [6.45, 7) is 3.73. The summed E-state index contributed by atoms with van der Waals surface area (Å²) in [5.74, 6) is -1.48. The number of nitrogens with one attached hydrogen (secondary N) is 2. The number of urea groups is 1. The van der Waals surface area contributed by atoms with Crippen molar-refractivity contribution in [2.24, 2.45) is 5.73 Å². The Bertz CT molecular complexity index is 298. The molecule has 0 aromatic heterocycles. The normalized spacial score (nSPS) is 13.6. The summed E-state index contributed by atoms with van der Waals surface area (Å²) in [6.07, 6.45) is 0. The highest BCUT2D eigenvalue weighted by molar-refractivity contribution is 8.00. The number of rotatable bonds is 6. The first kappa shape index (κ1) is 15.7. The lowest BCUT2D eigenvalue weighted by atomic mass is 10.4. The van der Waals surface area contributed by atoms with Gasteiger partial charge in [0.05, 0.1) is 5.25 Å². The zero-order valence-electron chi connectivity index (χ0n) is 9.73. The molecule has 0 bridgehead atoms. The Labute approximate surface area is 104 Å². The fourth-order valence-electron chi connectivity index (χ4n) is 0.813. The monoisotopic (exact) mass is 263 g/mol. The minimum absolute atomic E-state index is 0.110. The summed E-state index contributed by atoms with van der Waals surface area (Å²) in [5.41, 5.74) is 5.28. The zero-order chi connectivity index (χ0) is 13.4. The lowest BCUT2D eigenvalue weighted by Crippen LogP contribution is -2.43. The number of carbonyl (C=O) groups is 3. The molecule has 1 unspecified atom stereocenters. The Kier molecular flexibility index (Phi) is 7.31. The number of amides is 3. The van der Waals surface area contributed by atoms with Crippen LogP contribution >= 0.6 is 11.8 Å². The Morgan fingerprint density at radius 2 is 2.00 bits per heavy atom. The van der Waals surface area contributed by atoms with Crippen molar-refractivity contribution in [3.8, 4) is 0 Å². The van der Waals surface area contributed by atoms with Crippen molar-refractivity contribution in [1.29, 1.82) is 0 Å². The third kappa shape index (κ3) is 6.80. The SMILES string of the molecule is CCNC(=O)NC(=O)C(C)SC[C@@H](N)C(=O)O. The van der Waals surface area contributed by atoms with E-state index < -0.39 is 29.2 Å². The lowest BCUT2D eigenvalue weighted by Gasteiger charge is -2.12. The van der Waals surface area contributed by atoms with E-state index in [1.54, 1.807) is 13.8 Å². The van der Waals surface area contributed by atoms with E-state index in [4.69, 9.17) is 10.8 Å². The molecule has 0 spiro atoms. The predicted molar refractivity (Wildman–Crippen MR) is 64.7 cm³/mol. The van der Waals surface area contributed by atoms with Gasteiger partial charge in [0.15, 0.2) is 0 Å². The molecule has 0 aromatic carbocycles. The molecule has 0 heterocycles. The highest BCUT2D eigenvalue weighted by atomic mass is 32.2. The number of hydrogen-bond acceptors (Lipinski definition) is 5. The molecule has 8 heteroatoms. The second-order valence-electron chi connectivity index (χ2n) is 3.27. The van der Waals surface area contributed by atoms with Crippen LogP contribution in [0, 0.1) is 0 Å². The quantitative estimate of drug-likeness (QED) is 0.506. The van der Waals surface area contributed by atoms with E-state index in [1.807, 2.05) is 0 Å². The Morgan fingerprint density at radius 1 is 1.41 bits per heavy atom. The minimum atomic E-state index is -1.12. The molecule has 17 heavy (non-hydrogen) atoms. The molecule has 0 saturated carbocycles. The maximum absolute atomic E-state index is 11.4. The predicted octanol–water partition coefficient (Wildman–Crippen LogP) is -0.634. The van der Waals surface area contributed by atoms with Crippen molar-refractivity contribution in [3.05, 3.63) is 0 Å². The van der Waals surface area contributed by atoms with E-state index >= 15 is 0 Å². The van der Waals surface area contributed by atoms with Gasteiger partial charge in [-0.1, -0.05) is 0 Å². The molecule has 0 radical (unpaired) electrons. The number of imide groups is 1. The Morgan fingerprint density at radius 3 is 2.47 bits per heavy atom. The molecular weight excluding hydrogens is 246 g/mol. The average Bonchev–Trinajstić information content (AvgIpc) is 2.25. The molecule has 98 valence electrons. The van der Waals surface area contributed by atoms with Crippen molar-refractivity contribution in [2.45, 2.75) is 25.1 Å². The summed E-state index contributed by atoms with van der Waals surface area (Å²) in [7, 11) is 0. The number of carboxylic acids is 1. The number of thioether (sulfide) groups is 1. The Balaban J connectivity index is 3.97. The second-order valence-corrected chi connectivity index (χ2v) is 4.64. The van der Waals surface area contributed by atoms with Gasteiger partial charge >= 0.3 is 12.0 Å². The molecule has 0 aromatic rings. The van der Waals surface area contributed by atoms with Crippen LogP contribution in [0.2, 0.25) is 0 Å². The van der Waals surface area contributed by atoms with E-state index in [2.05, 4.69) is 10.6 Å². The largest absolute Gasteiger partial charge is 0.480 e. The van der Waals surface area contributed by atoms with Gasteiger partial charge in [-0.25, -0.2) is 4.79 Å². The zero-order valence-corrected chi connectivity index (χ0v) is 10.5. The van der Waals surface area contributed by atoms with Crippen LogP contribution in [0.15, 0.2) is 0 Å². The van der Waals surface area contributed by atoms with Crippen LogP contribution in [0.1, 0.15) is 13.8 Å². The van der Waals surface area contributed by atoms with Gasteiger partial charge in [0.2, 0.25) is 5.91 Å². The molecule has 5 N–H and O–H groups in total. The van der Waals surface area contributed by atoms with Crippen LogP contribution in [-0.4, -0.2) is 46.6 Å². The fourth-order valence-corrected chi connectivity index (χ4v) is 1.66. The number of aliphatic carboxylic acids is 1. The summed E-state index contributed by atoms with van der Waals surface area (Å²) >= 11 is 1.08. The number of carboxylic acid groups (broad SMARTS) is 1. The van der Waals surface area contributed by atoms with E-state index in [9.17, 15) is 14.4 Å². The average molecular weight is 263 g/mol. The van der Waals surface area contributed by atoms with Gasteiger partial charge in [-0.3, -0.25) is 14.9 Å². The highest BCUT2D eigenvalue weighted by Crippen LogP contribution is 2.11. The first-order valence-corrected chi connectivity index (χ1v) is 6.12. The molecule has 0 aliphatic carbocycles. The first-order chi connectivity index (χ1) is 7.88. The van der Waals surface area contributed by atoms with Crippen LogP contribution in [0.5, 0.6) is 0 Å². The van der Waals surface area contributed by atoms with Crippen molar-refractivity contribution in [3.63, 3.8) is 0 Å². The minimum Gasteiger partial charge on any atom is -0.480 e. The van der Waals surface area contributed by atoms with E-state index in [0.717, 1.165) is 11.8 Å². The van der Waals surface area contributed by atoms with Crippen LogP contribution in [0.4, 0.5) is 4.79 Å². The van der Waals surface area contributed by atoms with Crippen LogP contribution in [-0.2, 0) is 9.59 Å². The number of carbonyl (C=O) groups excluding carboxylic acids is 2. The van der Waals surface area contributed by atoms with E-state index in [-0.39, 0.29) is 5.75 Å². The van der Waals surface area contributed by atoms with Gasteiger partial charge in [-0.2, -0.15) is 0 Å². The lowest BCUT2D eigenvalue weighted by molar-refractivity contribution is -0.138. The third-order valence-electron chi connectivity index (χ3n) is 1.79. The van der Waals surface area contributed by atoms with Crippen LogP contribution in [0.25, 0.3) is 0 Å². The first-order valence-electron chi connectivity index (χ1n) is 5.07. The molecule has 2 atom stereocenters. The molecule has 0 saturated heterocycles. The standard InChI is InChI=1S/C9H17N3O4S/c1-3-11-9(16)12-7(13)5(2)17-4-6(10)8(14)15/h5-6H,3-4,10H2,1-2H3,(H,14,15)(H2,11,12,13,16)/t5?,6-/m1/s1. The Hall–Kier alpha value is -1.28. The topological polar surface area (TPSA) is 122 Å². The molecule has 0 aliphatic rings. The summed E-state index contributed by atoms with van der Waals surface area (Å²) in [5, 5.41) is 12.6. The number of nitrogens with two attached hydrogens (primary N) is 1. The second kappa shape index (κ2) is 7.91. The molecule has 0 rings (SSSR count). The number of hydrogen-bond donors (Lipinski definition) is 4. The molecule has 3 amide bonds. The fraction of sp³-hybridized carbons (Fsp3) is 0.667. The molecule has 0 fully saturated rings. The van der Waals surface area contributed by atoms with Gasteiger partial charge in [-0.15, -0.1) is 11.8 Å². The maximum Gasteiger partial charge on any atom is 0.321 e. The van der Waals surface area contributed by atoms with Gasteiger partial charge in [-0.05, 0) is 13.8 Å². The molecular formula is C9H17N3O4S. The van der Waals surface area contributed by atoms with Gasteiger partial charge in [0, 0.05) is 12.3 Å². The van der Waals surface area contributed by atoms with E-state index in [0.29, 0.717) is 6.54 Å². The van der Waals surface area contributed by atoms with Crippen LogP contribution < -0.4 is 16.4 Å². The highest BCUT2D eigenvalue weighted by Gasteiger charge is 2.19. The summed E-state index contributed by atoms with van der Waals surface area (Å²) in [4.78, 5) is 32.9. The molecule has 7 nitrogen and oxygen atoms in total. The smallest absolute Gasteiger partial charge is 0.321 e. The summed E-state index contributed by atoms with van der Waals surface area (Å²) in [6, 6.07) is -1.58. The van der Waals surface area contributed by atoms with Gasteiger partial charge < -0.3 is 16.2 Å². The van der Waals surface area contributed by atoms with Crippen molar-refractivity contribution < 1.29 is 19.5 Å². The van der Waals surface area contributed by atoms with Crippen molar-refractivity contribution in [2.75, 3.05) is 12.3 Å².